The van der Waals surface area contributed by atoms with Crippen molar-refractivity contribution in [1.29, 1.82) is 0 Å². The molecule has 0 bridgehead atoms. The third-order valence-electron chi connectivity index (χ3n) is 4.67. The van der Waals surface area contributed by atoms with E-state index >= 15 is 0 Å². The minimum Gasteiger partial charge on any atom is -0.508 e. The van der Waals surface area contributed by atoms with Gasteiger partial charge in [-0.1, -0.05) is 56.3 Å². The number of hydrogen-bond acceptors (Lipinski definition) is 1. The Labute approximate surface area is 137 Å². The van der Waals surface area contributed by atoms with Crippen LogP contribution in [-0.2, 0) is 0 Å². The van der Waals surface area contributed by atoms with Crippen LogP contribution in [0, 0.1) is 12.3 Å². The van der Waals surface area contributed by atoms with E-state index in [0.717, 1.165) is 5.56 Å². The molecule has 0 aliphatic heterocycles. The first-order valence-corrected chi connectivity index (χ1v) is 8.02. The van der Waals surface area contributed by atoms with Crippen LogP contribution in [0.1, 0.15) is 36.1 Å². The molecule has 2 aromatic carbocycles. The van der Waals surface area contributed by atoms with Crippen molar-refractivity contribution < 1.29 is 5.11 Å². The molecule has 0 saturated heterocycles. The maximum absolute atomic E-state index is 9.58. The molecule has 0 aromatic heterocycles. The summed E-state index contributed by atoms with van der Waals surface area (Å²) in [6, 6.07) is 14.0. The van der Waals surface area contributed by atoms with Crippen LogP contribution in [-0.4, -0.2) is 5.11 Å². The maximum Gasteiger partial charge on any atom is 0.115 e. The summed E-state index contributed by atoms with van der Waals surface area (Å²) in [5.41, 5.74) is 9.02. The van der Waals surface area contributed by atoms with Crippen LogP contribution in [0.5, 0.6) is 5.75 Å². The molecule has 2 aliphatic rings. The normalized spacial score (nSPS) is 17.8. The van der Waals surface area contributed by atoms with Crippen molar-refractivity contribution in [2.24, 2.45) is 5.41 Å². The number of hydrogen-bond donors (Lipinski definition) is 1. The molecular formula is C22H20O. The van der Waals surface area contributed by atoms with Gasteiger partial charge in [0.2, 0.25) is 0 Å². The maximum atomic E-state index is 9.58. The Hall–Kier alpha value is -2.54. The second-order valence-corrected chi connectivity index (χ2v) is 7.08. The number of phenolic OH excluding ortho intramolecular Hbond substituents is 1. The van der Waals surface area contributed by atoms with Crippen LogP contribution in [0.4, 0.5) is 0 Å². The van der Waals surface area contributed by atoms with Crippen molar-refractivity contribution in [3.8, 4) is 5.75 Å². The van der Waals surface area contributed by atoms with E-state index in [1.54, 1.807) is 12.1 Å². The Morgan fingerprint density at radius 2 is 1.52 bits per heavy atom. The minimum atomic E-state index is 0.00375. The summed E-state index contributed by atoms with van der Waals surface area (Å²) in [6.45, 7) is 6.67. The van der Waals surface area contributed by atoms with Crippen LogP contribution >= 0.6 is 0 Å². The van der Waals surface area contributed by atoms with Gasteiger partial charge in [0, 0.05) is 5.41 Å². The van der Waals surface area contributed by atoms with E-state index in [-0.39, 0.29) is 5.41 Å². The van der Waals surface area contributed by atoms with Crippen molar-refractivity contribution in [3.63, 3.8) is 0 Å². The Bertz CT molecular complexity index is 890. The van der Waals surface area contributed by atoms with Gasteiger partial charge in [0.1, 0.15) is 5.75 Å². The Morgan fingerprint density at radius 1 is 0.826 bits per heavy atom. The minimum absolute atomic E-state index is 0.00375. The van der Waals surface area contributed by atoms with Gasteiger partial charge in [-0.05, 0) is 64.1 Å². The molecular weight excluding hydrogens is 280 g/mol. The second-order valence-electron chi connectivity index (χ2n) is 7.08. The molecule has 1 nitrogen and oxygen atoms in total. The molecule has 0 spiro atoms. The number of allylic oxidation sites excluding steroid dienone is 5. The highest BCUT2D eigenvalue weighted by molar-refractivity contribution is 6.10. The van der Waals surface area contributed by atoms with Gasteiger partial charge in [0.25, 0.3) is 0 Å². The van der Waals surface area contributed by atoms with E-state index in [1.165, 1.54) is 33.4 Å². The van der Waals surface area contributed by atoms with Crippen LogP contribution in [0.15, 0.2) is 60.2 Å². The average molecular weight is 300 g/mol. The number of fused-ring (bicyclic) bond motifs is 3. The van der Waals surface area contributed by atoms with Crippen molar-refractivity contribution >= 4 is 17.2 Å². The van der Waals surface area contributed by atoms with E-state index in [9.17, 15) is 5.11 Å². The van der Waals surface area contributed by atoms with Crippen LogP contribution < -0.4 is 0 Å². The van der Waals surface area contributed by atoms with Crippen LogP contribution in [0.3, 0.4) is 0 Å². The first-order chi connectivity index (χ1) is 10.9. The van der Waals surface area contributed by atoms with Crippen LogP contribution in [0.25, 0.3) is 17.2 Å². The van der Waals surface area contributed by atoms with E-state index in [0.29, 0.717) is 5.75 Å². The zero-order valence-corrected chi connectivity index (χ0v) is 13.7. The molecule has 0 saturated carbocycles. The zero-order chi connectivity index (χ0) is 16.2. The molecule has 23 heavy (non-hydrogen) atoms. The fraction of sp³-hybridized carbons (Fsp3) is 0.182. The van der Waals surface area contributed by atoms with Gasteiger partial charge in [-0.2, -0.15) is 0 Å². The summed E-state index contributed by atoms with van der Waals surface area (Å²) < 4.78 is 0. The predicted octanol–water partition coefficient (Wildman–Crippen LogP) is 5.60. The number of rotatable bonds is 1. The first kappa shape index (κ1) is 14.1. The number of benzene rings is 2. The van der Waals surface area contributed by atoms with Gasteiger partial charge in [0.05, 0.1) is 0 Å². The molecule has 114 valence electrons. The van der Waals surface area contributed by atoms with Crippen molar-refractivity contribution in [2.75, 3.05) is 0 Å². The smallest absolute Gasteiger partial charge is 0.115 e. The van der Waals surface area contributed by atoms with E-state index in [1.807, 2.05) is 12.1 Å². The summed E-state index contributed by atoms with van der Waals surface area (Å²) in [6.07, 6.45) is 7.00. The molecule has 2 aromatic rings. The Morgan fingerprint density at radius 3 is 2.26 bits per heavy atom. The summed E-state index contributed by atoms with van der Waals surface area (Å²) >= 11 is 0. The summed E-state index contributed by atoms with van der Waals surface area (Å²) in [4.78, 5) is 0. The molecule has 0 atom stereocenters. The third-order valence-corrected chi connectivity index (χ3v) is 4.67. The average Bonchev–Trinajstić information content (AvgIpc) is 2.86. The number of aromatic hydroxyl groups is 1. The molecule has 0 amide bonds. The summed E-state index contributed by atoms with van der Waals surface area (Å²) in [5, 5.41) is 9.58. The zero-order valence-electron chi connectivity index (χ0n) is 13.7. The number of phenols is 1. The fourth-order valence-electron chi connectivity index (χ4n) is 3.66. The molecule has 4 rings (SSSR count). The topological polar surface area (TPSA) is 20.2 Å². The highest BCUT2D eigenvalue weighted by atomic mass is 16.3. The molecule has 0 fully saturated rings. The van der Waals surface area contributed by atoms with E-state index in [4.69, 9.17) is 0 Å². The molecule has 2 aliphatic carbocycles. The lowest BCUT2D eigenvalue weighted by Gasteiger charge is -2.27. The molecule has 0 unspecified atom stereocenters. The van der Waals surface area contributed by atoms with E-state index in [2.05, 4.69) is 57.2 Å². The standard InChI is InChI=1S/C22H20O/c1-14-5-4-6-16-11-18-19(15-7-9-17(23)10-8-15)12-22(2,3)13-20(18)21(14)16/h4-13,23H,1-3H3. The summed E-state index contributed by atoms with van der Waals surface area (Å²) in [5.74, 6) is 0.305. The quantitative estimate of drug-likeness (QED) is 0.726. The van der Waals surface area contributed by atoms with E-state index < -0.39 is 0 Å². The predicted molar refractivity (Wildman–Crippen MR) is 97.0 cm³/mol. The van der Waals surface area contributed by atoms with Gasteiger partial charge in [0.15, 0.2) is 0 Å². The lowest BCUT2D eigenvalue weighted by molar-refractivity contribution is 0.475. The van der Waals surface area contributed by atoms with Gasteiger partial charge >= 0.3 is 0 Å². The van der Waals surface area contributed by atoms with Crippen molar-refractivity contribution in [3.05, 3.63) is 82.4 Å². The third kappa shape index (κ3) is 2.24. The van der Waals surface area contributed by atoms with Gasteiger partial charge in [-0.15, -0.1) is 0 Å². The highest BCUT2D eigenvalue weighted by Gasteiger charge is 2.30. The highest BCUT2D eigenvalue weighted by Crippen LogP contribution is 2.49. The van der Waals surface area contributed by atoms with Crippen molar-refractivity contribution in [1.82, 2.24) is 0 Å². The fourth-order valence-corrected chi connectivity index (χ4v) is 3.66. The van der Waals surface area contributed by atoms with Gasteiger partial charge in [-0.3, -0.25) is 0 Å². The van der Waals surface area contributed by atoms with Gasteiger partial charge < -0.3 is 5.11 Å². The first-order valence-electron chi connectivity index (χ1n) is 8.02. The Balaban J connectivity index is 1.92. The Kier molecular flexibility index (Phi) is 2.89. The lowest BCUT2D eigenvalue weighted by atomic mass is 9.76. The molecule has 1 N–H and O–H groups in total. The largest absolute Gasteiger partial charge is 0.508 e. The molecule has 0 heterocycles. The molecule has 1 heteroatoms. The van der Waals surface area contributed by atoms with Crippen molar-refractivity contribution in [2.45, 2.75) is 20.8 Å². The monoisotopic (exact) mass is 300 g/mol. The summed E-state index contributed by atoms with van der Waals surface area (Å²) in [7, 11) is 0. The van der Waals surface area contributed by atoms with Gasteiger partial charge in [-0.25, -0.2) is 0 Å². The molecule has 0 radical (unpaired) electrons. The SMILES string of the molecule is Cc1cccc2c1C1=CC(C)(C)C=C(c3ccc(O)cc3)C1=C2. The van der Waals surface area contributed by atoms with Crippen LogP contribution in [0.2, 0.25) is 0 Å². The number of aryl methyl sites for hydroxylation is 1. The second kappa shape index (κ2) is 4.73. The lowest BCUT2D eigenvalue weighted by Crippen LogP contribution is -2.11.